The van der Waals surface area contributed by atoms with Crippen LogP contribution in [0.5, 0.6) is 5.75 Å². The van der Waals surface area contributed by atoms with Gasteiger partial charge in [0.05, 0.1) is 18.2 Å². The molecule has 0 spiro atoms. The Hall–Kier alpha value is -2.11. The quantitative estimate of drug-likeness (QED) is 0.886. The van der Waals surface area contributed by atoms with E-state index in [4.69, 9.17) is 21.1 Å². The summed E-state index contributed by atoms with van der Waals surface area (Å²) < 4.78 is 24.0. The lowest BCUT2D eigenvalue weighted by molar-refractivity contribution is -0.125. The molecule has 0 aliphatic carbocycles. The van der Waals surface area contributed by atoms with E-state index in [0.717, 1.165) is 5.56 Å². The Bertz CT molecular complexity index is 758. The number of rotatable bonds is 4. The molecule has 6 heteroatoms. The van der Waals surface area contributed by atoms with E-state index in [1.807, 2.05) is 0 Å². The lowest BCUT2D eigenvalue weighted by atomic mass is 9.73. The van der Waals surface area contributed by atoms with Crippen molar-refractivity contribution in [1.82, 2.24) is 0 Å². The van der Waals surface area contributed by atoms with Crippen molar-refractivity contribution in [2.24, 2.45) is 0 Å². The predicted molar refractivity (Wildman–Crippen MR) is 94.8 cm³/mol. The summed E-state index contributed by atoms with van der Waals surface area (Å²) in [5.74, 6) is 0.0184. The Morgan fingerprint density at radius 2 is 1.88 bits per heavy atom. The monoisotopic (exact) mass is 363 g/mol. The molecule has 1 aliphatic rings. The third-order valence-corrected chi connectivity index (χ3v) is 4.82. The summed E-state index contributed by atoms with van der Waals surface area (Å²) in [4.78, 5) is 13.2. The minimum absolute atomic E-state index is 0.178. The van der Waals surface area contributed by atoms with Crippen LogP contribution < -0.4 is 10.1 Å². The van der Waals surface area contributed by atoms with E-state index < -0.39 is 5.41 Å². The molecule has 0 unspecified atom stereocenters. The van der Waals surface area contributed by atoms with Crippen LogP contribution in [-0.4, -0.2) is 26.2 Å². The fraction of sp³-hybridized carbons (Fsp3) is 0.316. The predicted octanol–water partition coefficient (Wildman–Crippen LogP) is 4.17. The van der Waals surface area contributed by atoms with Gasteiger partial charge >= 0.3 is 0 Å². The van der Waals surface area contributed by atoms with Crippen molar-refractivity contribution in [2.75, 3.05) is 25.6 Å². The van der Waals surface area contributed by atoms with Crippen LogP contribution in [0, 0.1) is 5.82 Å². The molecule has 1 amide bonds. The number of carbonyl (C=O) groups is 1. The smallest absolute Gasteiger partial charge is 0.235 e. The van der Waals surface area contributed by atoms with Crippen molar-refractivity contribution in [3.63, 3.8) is 0 Å². The minimum atomic E-state index is -0.778. The van der Waals surface area contributed by atoms with Crippen molar-refractivity contribution < 1.29 is 18.7 Å². The van der Waals surface area contributed by atoms with E-state index in [1.165, 1.54) is 19.2 Å². The van der Waals surface area contributed by atoms with Gasteiger partial charge < -0.3 is 14.8 Å². The summed E-state index contributed by atoms with van der Waals surface area (Å²) in [7, 11) is 1.53. The highest BCUT2D eigenvalue weighted by Crippen LogP contribution is 2.37. The molecule has 1 N–H and O–H groups in total. The molecule has 0 bridgehead atoms. The van der Waals surface area contributed by atoms with Crippen molar-refractivity contribution in [3.05, 3.63) is 58.9 Å². The first kappa shape index (κ1) is 17.7. The number of hydrogen-bond acceptors (Lipinski definition) is 3. The fourth-order valence-electron chi connectivity index (χ4n) is 3.16. The molecule has 1 fully saturated rings. The van der Waals surface area contributed by atoms with Gasteiger partial charge in [-0.3, -0.25) is 4.79 Å². The van der Waals surface area contributed by atoms with Gasteiger partial charge in [-0.05, 0) is 48.7 Å². The van der Waals surface area contributed by atoms with Gasteiger partial charge in [0.2, 0.25) is 5.91 Å². The fourth-order valence-corrected chi connectivity index (χ4v) is 3.33. The van der Waals surface area contributed by atoms with Crippen molar-refractivity contribution in [2.45, 2.75) is 18.3 Å². The maximum absolute atomic E-state index is 13.3. The number of benzene rings is 2. The number of ether oxygens (including phenoxy) is 2. The molecule has 2 aromatic rings. The van der Waals surface area contributed by atoms with Crippen LogP contribution in [0.15, 0.2) is 42.5 Å². The summed E-state index contributed by atoms with van der Waals surface area (Å²) in [5, 5.41) is 3.43. The molecular formula is C19H19ClFNO3. The van der Waals surface area contributed by atoms with Crippen molar-refractivity contribution in [3.8, 4) is 5.75 Å². The maximum Gasteiger partial charge on any atom is 0.235 e. The van der Waals surface area contributed by atoms with Crippen LogP contribution in [0.25, 0.3) is 0 Å². The summed E-state index contributed by atoms with van der Waals surface area (Å²) >= 11 is 6.04. The second-order valence-electron chi connectivity index (χ2n) is 6.00. The molecule has 1 aliphatic heterocycles. The first-order valence-electron chi connectivity index (χ1n) is 8.04. The van der Waals surface area contributed by atoms with Crippen molar-refractivity contribution >= 4 is 23.2 Å². The zero-order valence-electron chi connectivity index (χ0n) is 13.9. The first-order valence-corrected chi connectivity index (χ1v) is 8.42. The molecule has 0 saturated carbocycles. The first-order chi connectivity index (χ1) is 12.0. The van der Waals surface area contributed by atoms with E-state index >= 15 is 0 Å². The number of hydrogen-bond donors (Lipinski definition) is 1. The molecule has 2 aromatic carbocycles. The van der Waals surface area contributed by atoms with Gasteiger partial charge in [0.25, 0.3) is 0 Å². The number of methoxy groups -OCH3 is 1. The summed E-state index contributed by atoms with van der Waals surface area (Å²) in [6.07, 6.45) is 1.04. The van der Waals surface area contributed by atoms with E-state index in [2.05, 4.69) is 5.32 Å². The Balaban J connectivity index is 1.95. The van der Waals surface area contributed by atoms with Crippen LogP contribution in [-0.2, 0) is 14.9 Å². The molecule has 1 heterocycles. The van der Waals surface area contributed by atoms with Gasteiger partial charge in [-0.1, -0.05) is 23.7 Å². The van der Waals surface area contributed by atoms with Gasteiger partial charge in [-0.15, -0.1) is 0 Å². The molecule has 25 heavy (non-hydrogen) atoms. The van der Waals surface area contributed by atoms with Crippen LogP contribution in [0.4, 0.5) is 10.1 Å². The van der Waals surface area contributed by atoms with Gasteiger partial charge in [-0.2, -0.15) is 0 Å². The van der Waals surface area contributed by atoms with E-state index in [1.54, 1.807) is 30.3 Å². The lowest BCUT2D eigenvalue weighted by Gasteiger charge is -2.36. The van der Waals surface area contributed by atoms with Crippen LogP contribution in [0.1, 0.15) is 18.4 Å². The van der Waals surface area contributed by atoms with Crippen molar-refractivity contribution in [1.29, 1.82) is 0 Å². The largest absolute Gasteiger partial charge is 0.495 e. The number of nitrogens with one attached hydrogen (secondary N) is 1. The molecule has 3 rings (SSSR count). The van der Waals surface area contributed by atoms with E-state index in [9.17, 15) is 9.18 Å². The second-order valence-corrected chi connectivity index (χ2v) is 6.44. The summed E-state index contributed by atoms with van der Waals surface area (Å²) in [6, 6.07) is 11.1. The minimum Gasteiger partial charge on any atom is -0.495 e. The number of halogens is 2. The average Bonchev–Trinajstić information content (AvgIpc) is 2.63. The van der Waals surface area contributed by atoms with E-state index in [-0.39, 0.29) is 11.7 Å². The number of amides is 1. The number of anilines is 1. The standard InChI is InChI=1S/C19H19ClFNO3/c1-24-17-7-4-14(20)12-16(17)22-18(23)19(8-10-25-11-9-19)13-2-5-15(21)6-3-13/h2-7,12H,8-11H2,1H3,(H,22,23). The molecule has 4 nitrogen and oxygen atoms in total. The third-order valence-electron chi connectivity index (χ3n) is 4.59. The highest BCUT2D eigenvalue weighted by Gasteiger charge is 2.42. The Kier molecular flexibility index (Phi) is 5.25. The van der Waals surface area contributed by atoms with E-state index in [0.29, 0.717) is 42.5 Å². The SMILES string of the molecule is COc1ccc(Cl)cc1NC(=O)C1(c2ccc(F)cc2)CCOCC1. The number of carbonyl (C=O) groups excluding carboxylic acids is 1. The summed E-state index contributed by atoms with van der Waals surface area (Å²) in [6.45, 7) is 0.939. The van der Waals surface area contributed by atoms with Crippen LogP contribution in [0.3, 0.4) is 0 Å². The Morgan fingerprint density at radius 1 is 1.20 bits per heavy atom. The Labute approximate surface area is 150 Å². The normalized spacial score (nSPS) is 16.3. The second kappa shape index (κ2) is 7.42. The molecule has 132 valence electrons. The third kappa shape index (κ3) is 3.62. The molecule has 0 radical (unpaired) electrons. The van der Waals surface area contributed by atoms with Crippen LogP contribution >= 0.6 is 11.6 Å². The highest BCUT2D eigenvalue weighted by atomic mass is 35.5. The van der Waals surface area contributed by atoms with Gasteiger partial charge in [0.1, 0.15) is 11.6 Å². The Morgan fingerprint density at radius 3 is 2.52 bits per heavy atom. The molecular weight excluding hydrogens is 345 g/mol. The van der Waals surface area contributed by atoms with Crippen LogP contribution in [0.2, 0.25) is 5.02 Å². The van der Waals surface area contributed by atoms with Gasteiger partial charge in [0, 0.05) is 18.2 Å². The maximum atomic E-state index is 13.3. The average molecular weight is 364 g/mol. The molecule has 0 aromatic heterocycles. The highest BCUT2D eigenvalue weighted by molar-refractivity contribution is 6.31. The molecule has 1 saturated heterocycles. The zero-order chi connectivity index (χ0) is 17.9. The lowest BCUT2D eigenvalue weighted by Crippen LogP contribution is -2.44. The summed E-state index contributed by atoms with van der Waals surface area (Å²) in [5.41, 5.74) is 0.503. The zero-order valence-corrected chi connectivity index (χ0v) is 14.6. The molecule has 0 atom stereocenters. The van der Waals surface area contributed by atoms with Gasteiger partial charge in [0.15, 0.2) is 0 Å². The van der Waals surface area contributed by atoms with Gasteiger partial charge in [-0.25, -0.2) is 4.39 Å². The topological polar surface area (TPSA) is 47.6 Å².